The summed E-state index contributed by atoms with van der Waals surface area (Å²) >= 11 is 0. The predicted octanol–water partition coefficient (Wildman–Crippen LogP) is 1.93. The quantitative estimate of drug-likeness (QED) is 0.918. The normalized spacial score (nSPS) is 22.1. The summed E-state index contributed by atoms with van der Waals surface area (Å²) in [5.41, 5.74) is 3.04. The number of hydrogen-bond acceptors (Lipinski definition) is 4. The Hall–Kier alpha value is -1.04. The summed E-state index contributed by atoms with van der Waals surface area (Å²) in [5.74, 6) is 1.07. The zero-order valence-electron chi connectivity index (χ0n) is 12.1. The average Bonchev–Trinajstić information content (AvgIpc) is 2.77. The molecule has 0 spiro atoms. The van der Waals surface area contributed by atoms with Gasteiger partial charge >= 0.3 is 0 Å². The summed E-state index contributed by atoms with van der Waals surface area (Å²) in [5, 5.41) is 7.94. The first-order valence-corrected chi connectivity index (χ1v) is 8.62. The molecule has 19 heavy (non-hydrogen) atoms. The highest BCUT2D eigenvalue weighted by atomic mass is 32.2. The van der Waals surface area contributed by atoms with Crippen LogP contribution in [0, 0.1) is 19.8 Å². The van der Waals surface area contributed by atoms with Gasteiger partial charge in [-0.1, -0.05) is 13.8 Å². The maximum absolute atomic E-state index is 11.6. The van der Waals surface area contributed by atoms with E-state index in [-0.39, 0.29) is 17.5 Å². The number of aromatic nitrogens is 2. The molecule has 1 atom stereocenters. The van der Waals surface area contributed by atoms with Crippen molar-refractivity contribution in [3.05, 3.63) is 11.4 Å². The second-order valence-corrected chi connectivity index (χ2v) is 8.05. The van der Waals surface area contributed by atoms with Gasteiger partial charge in [0.15, 0.2) is 9.84 Å². The number of hydrogen-bond donors (Lipinski definition) is 1. The lowest BCUT2D eigenvalue weighted by molar-refractivity contribution is 0.486. The van der Waals surface area contributed by atoms with E-state index in [2.05, 4.69) is 24.3 Å². The van der Waals surface area contributed by atoms with Crippen molar-refractivity contribution in [2.75, 3.05) is 23.4 Å². The number of anilines is 1. The minimum atomic E-state index is -2.87. The maximum Gasteiger partial charge on any atom is 0.152 e. The number of nitrogens with one attached hydrogen (secondary N) is 1. The van der Waals surface area contributed by atoms with Gasteiger partial charge in [-0.2, -0.15) is 5.10 Å². The van der Waals surface area contributed by atoms with Crippen molar-refractivity contribution >= 4 is 15.5 Å². The minimum absolute atomic E-state index is 0.00157. The van der Waals surface area contributed by atoms with E-state index in [0.29, 0.717) is 12.3 Å². The van der Waals surface area contributed by atoms with Crippen LogP contribution in [0.1, 0.15) is 37.7 Å². The SMILES string of the molecule is Cc1nn(C2CCS(=O)(=O)C2)c(C)c1NCC(C)C. The molecule has 1 N–H and O–H groups in total. The van der Waals surface area contributed by atoms with Crippen LogP contribution in [-0.4, -0.2) is 36.2 Å². The molecule has 1 unspecified atom stereocenters. The van der Waals surface area contributed by atoms with Gasteiger partial charge in [-0.25, -0.2) is 8.42 Å². The Morgan fingerprint density at radius 2 is 2.11 bits per heavy atom. The fourth-order valence-electron chi connectivity index (χ4n) is 2.55. The van der Waals surface area contributed by atoms with Gasteiger partial charge in [-0.3, -0.25) is 4.68 Å². The highest BCUT2D eigenvalue weighted by Crippen LogP contribution is 2.29. The van der Waals surface area contributed by atoms with Crippen molar-refractivity contribution in [2.45, 2.75) is 40.2 Å². The zero-order chi connectivity index (χ0) is 14.2. The first-order valence-electron chi connectivity index (χ1n) is 6.80. The lowest BCUT2D eigenvalue weighted by atomic mass is 10.2. The predicted molar refractivity (Wildman–Crippen MR) is 77.3 cm³/mol. The van der Waals surface area contributed by atoms with E-state index < -0.39 is 9.84 Å². The van der Waals surface area contributed by atoms with E-state index in [9.17, 15) is 8.42 Å². The Bertz CT molecular complexity index is 561. The fourth-order valence-corrected chi connectivity index (χ4v) is 4.24. The monoisotopic (exact) mass is 285 g/mol. The van der Waals surface area contributed by atoms with E-state index in [1.165, 1.54) is 0 Å². The Morgan fingerprint density at radius 1 is 1.42 bits per heavy atom. The van der Waals surface area contributed by atoms with Crippen LogP contribution in [0.2, 0.25) is 0 Å². The molecule has 1 aromatic rings. The van der Waals surface area contributed by atoms with E-state index in [4.69, 9.17) is 0 Å². The molecule has 2 heterocycles. The third-order valence-electron chi connectivity index (χ3n) is 3.57. The summed E-state index contributed by atoms with van der Waals surface area (Å²) in [7, 11) is -2.87. The van der Waals surface area contributed by atoms with Gasteiger partial charge < -0.3 is 5.32 Å². The van der Waals surface area contributed by atoms with Crippen molar-refractivity contribution in [3.8, 4) is 0 Å². The standard InChI is InChI=1S/C13H23N3O2S/c1-9(2)7-14-13-10(3)15-16(11(13)4)12-5-6-19(17,18)8-12/h9,12,14H,5-8H2,1-4H3. The molecule has 1 fully saturated rings. The van der Waals surface area contributed by atoms with Gasteiger partial charge in [0.2, 0.25) is 0 Å². The molecule has 1 aliphatic heterocycles. The Morgan fingerprint density at radius 3 is 2.63 bits per heavy atom. The molecule has 0 aliphatic carbocycles. The van der Waals surface area contributed by atoms with Crippen molar-refractivity contribution in [1.29, 1.82) is 0 Å². The molecular formula is C13H23N3O2S. The van der Waals surface area contributed by atoms with Crippen molar-refractivity contribution < 1.29 is 8.42 Å². The van der Waals surface area contributed by atoms with Crippen LogP contribution in [0.5, 0.6) is 0 Å². The van der Waals surface area contributed by atoms with E-state index in [0.717, 1.165) is 23.6 Å². The lowest BCUT2D eigenvalue weighted by Gasteiger charge is -2.12. The smallest absolute Gasteiger partial charge is 0.152 e. The first kappa shape index (κ1) is 14.4. The molecule has 1 aromatic heterocycles. The van der Waals surface area contributed by atoms with Crippen molar-refractivity contribution in [1.82, 2.24) is 9.78 Å². The summed E-state index contributed by atoms with van der Waals surface area (Å²) in [6, 6.07) is -0.00157. The molecule has 6 heteroatoms. The summed E-state index contributed by atoms with van der Waals surface area (Å²) in [6.07, 6.45) is 0.675. The number of aryl methyl sites for hydroxylation is 1. The highest BCUT2D eigenvalue weighted by molar-refractivity contribution is 7.91. The van der Waals surface area contributed by atoms with Crippen LogP contribution >= 0.6 is 0 Å². The van der Waals surface area contributed by atoms with Crippen LogP contribution in [0.3, 0.4) is 0 Å². The average molecular weight is 285 g/mol. The van der Waals surface area contributed by atoms with Crippen LogP contribution in [0.4, 0.5) is 5.69 Å². The second kappa shape index (κ2) is 5.15. The molecule has 1 saturated heterocycles. The molecule has 0 amide bonds. The van der Waals surface area contributed by atoms with Gasteiger partial charge in [0, 0.05) is 6.54 Å². The van der Waals surface area contributed by atoms with Gasteiger partial charge in [-0.15, -0.1) is 0 Å². The topological polar surface area (TPSA) is 64.0 Å². The van der Waals surface area contributed by atoms with E-state index >= 15 is 0 Å². The third kappa shape index (κ3) is 3.11. The van der Waals surface area contributed by atoms with E-state index in [1.54, 1.807) is 0 Å². The van der Waals surface area contributed by atoms with Crippen LogP contribution in [0.15, 0.2) is 0 Å². The molecule has 5 nitrogen and oxygen atoms in total. The molecule has 2 rings (SSSR count). The summed E-state index contributed by atoms with van der Waals surface area (Å²) in [4.78, 5) is 0. The third-order valence-corrected chi connectivity index (χ3v) is 5.32. The Labute approximate surface area is 115 Å². The minimum Gasteiger partial charge on any atom is -0.382 e. The Balaban J connectivity index is 2.22. The summed E-state index contributed by atoms with van der Waals surface area (Å²) in [6.45, 7) is 9.19. The fraction of sp³-hybridized carbons (Fsp3) is 0.769. The Kier molecular flexibility index (Phi) is 3.90. The second-order valence-electron chi connectivity index (χ2n) is 5.82. The molecule has 0 saturated carbocycles. The van der Waals surface area contributed by atoms with Crippen LogP contribution in [0.25, 0.3) is 0 Å². The zero-order valence-corrected chi connectivity index (χ0v) is 12.9. The number of rotatable bonds is 4. The van der Waals surface area contributed by atoms with Gasteiger partial charge in [-0.05, 0) is 26.2 Å². The summed E-state index contributed by atoms with van der Waals surface area (Å²) < 4.78 is 25.0. The van der Waals surface area contributed by atoms with Crippen LogP contribution in [-0.2, 0) is 9.84 Å². The van der Waals surface area contributed by atoms with Crippen LogP contribution < -0.4 is 5.32 Å². The largest absolute Gasteiger partial charge is 0.382 e. The van der Waals surface area contributed by atoms with Gasteiger partial charge in [0.25, 0.3) is 0 Å². The molecule has 0 bridgehead atoms. The molecule has 108 valence electrons. The molecular weight excluding hydrogens is 262 g/mol. The van der Waals surface area contributed by atoms with Crippen molar-refractivity contribution in [3.63, 3.8) is 0 Å². The van der Waals surface area contributed by atoms with Crippen molar-refractivity contribution in [2.24, 2.45) is 5.92 Å². The maximum atomic E-state index is 11.6. The molecule has 0 radical (unpaired) electrons. The lowest BCUT2D eigenvalue weighted by Crippen LogP contribution is -2.14. The molecule has 0 aromatic carbocycles. The number of nitrogens with zero attached hydrogens (tertiary/aromatic N) is 2. The number of sulfone groups is 1. The molecule has 1 aliphatic rings. The highest BCUT2D eigenvalue weighted by Gasteiger charge is 2.31. The van der Waals surface area contributed by atoms with E-state index in [1.807, 2.05) is 18.5 Å². The van der Waals surface area contributed by atoms with Gasteiger partial charge in [0.1, 0.15) is 0 Å². The van der Waals surface area contributed by atoms with Gasteiger partial charge in [0.05, 0.1) is 34.6 Å². The first-order chi connectivity index (χ1) is 8.80.